The predicted octanol–water partition coefficient (Wildman–Crippen LogP) is 5.15. The van der Waals surface area contributed by atoms with Crippen molar-refractivity contribution in [2.75, 3.05) is 5.32 Å². The van der Waals surface area contributed by atoms with Crippen LogP contribution in [0.1, 0.15) is 52.1 Å². The highest BCUT2D eigenvalue weighted by Gasteiger charge is 2.22. The molecule has 0 amide bonds. The molecule has 2 aromatic carbocycles. The van der Waals surface area contributed by atoms with Gasteiger partial charge in [0.05, 0.1) is 23.5 Å². The molecule has 150 valence electrons. The van der Waals surface area contributed by atoms with E-state index in [-0.39, 0.29) is 0 Å². The zero-order valence-corrected chi connectivity index (χ0v) is 17.3. The number of nitrogens with one attached hydrogen (secondary N) is 2. The van der Waals surface area contributed by atoms with E-state index in [2.05, 4.69) is 39.1 Å². The van der Waals surface area contributed by atoms with E-state index in [1.807, 2.05) is 19.2 Å². The molecular weight excluding hydrogens is 382 g/mol. The van der Waals surface area contributed by atoms with Crippen LogP contribution in [-0.2, 0) is 25.8 Å². The summed E-state index contributed by atoms with van der Waals surface area (Å²) in [4.78, 5) is 14.9. The molecule has 4 rings (SSSR count). The standard InChI is InChI=1S/C23H25N3O2S/c1-2-15-8-5-9-20(22(27)28)21(15)24-13-19-14-25-23(29)26(19)18-11-10-16-6-3-4-7-17(16)12-18/h3-9,14,18,24H,2,10-13H2,1H3,(H,25,29)(H,27,28). The molecule has 5 nitrogen and oxygen atoms in total. The molecule has 0 aliphatic heterocycles. The van der Waals surface area contributed by atoms with Gasteiger partial charge in [-0.15, -0.1) is 0 Å². The van der Waals surface area contributed by atoms with Crippen molar-refractivity contribution in [1.82, 2.24) is 9.55 Å². The van der Waals surface area contributed by atoms with Gasteiger partial charge in [-0.2, -0.15) is 0 Å². The average molecular weight is 408 g/mol. The molecule has 0 saturated carbocycles. The van der Waals surface area contributed by atoms with Crippen molar-refractivity contribution < 1.29 is 9.90 Å². The Labute approximate surface area is 175 Å². The van der Waals surface area contributed by atoms with Gasteiger partial charge < -0.3 is 20.0 Å². The first-order valence-electron chi connectivity index (χ1n) is 10.0. The number of imidazole rings is 1. The average Bonchev–Trinajstić information content (AvgIpc) is 3.11. The molecule has 0 radical (unpaired) electrons. The van der Waals surface area contributed by atoms with Crippen molar-refractivity contribution in [3.63, 3.8) is 0 Å². The summed E-state index contributed by atoms with van der Waals surface area (Å²) in [5, 5.41) is 12.9. The first-order chi connectivity index (χ1) is 14.1. The van der Waals surface area contributed by atoms with Crippen molar-refractivity contribution in [1.29, 1.82) is 0 Å². The topological polar surface area (TPSA) is 70.1 Å². The maximum Gasteiger partial charge on any atom is 0.337 e. The Morgan fingerprint density at radius 3 is 2.79 bits per heavy atom. The summed E-state index contributed by atoms with van der Waals surface area (Å²) in [6.45, 7) is 2.55. The molecule has 0 fully saturated rings. The fourth-order valence-corrected chi connectivity index (χ4v) is 4.64. The lowest BCUT2D eigenvalue weighted by Crippen LogP contribution is -2.21. The number of aromatic amines is 1. The minimum absolute atomic E-state index is 0.302. The highest BCUT2D eigenvalue weighted by atomic mass is 32.1. The highest BCUT2D eigenvalue weighted by molar-refractivity contribution is 7.71. The summed E-state index contributed by atoms with van der Waals surface area (Å²) in [5.74, 6) is -0.919. The molecule has 29 heavy (non-hydrogen) atoms. The summed E-state index contributed by atoms with van der Waals surface area (Å²) in [7, 11) is 0. The van der Waals surface area contributed by atoms with Gasteiger partial charge in [0, 0.05) is 12.2 Å². The van der Waals surface area contributed by atoms with E-state index in [9.17, 15) is 9.90 Å². The highest BCUT2D eigenvalue weighted by Crippen LogP contribution is 2.30. The van der Waals surface area contributed by atoms with Crippen LogP contribution in [0.5, 0.6) is 0 Å². The number of anilines is 1. The third-order valence-corrected chi connectivity index (χ3v) is 6.10. The Balaban J connectivity index is 1.60. The van der Waals surface area contributed by atoms with Crippen LogP contribution in [0, 0.1) is 4.77 Å². The number of rotatable bonds is 6. The zero-order valence-electron chi connectivity index (χ0n) is 16.4. The smallest absolute Gasteiger partial charge is 0.337 e. The Morgan fingerprint density at radius 1 is 1.24 bits per heavy atom. The number of nitrogens with zero attached hydrogens (tertiary/aromatic N) is 1. The lowest BCUT2D eigenvalue weighted by molar-refractivity contribution is 0.0698. The van der Waals surface area contributed by atoms with Crippen LogP contribution in [0.3, 0.4) is 0 Å². The second-order valence-electron chi connectivity index (χ2n) is 7.47. The number of benzene rings is 2. The van der Waals surface area contributed by atoms with Crippen LogP contribution in [0.4, 0.5) is 5.69 Å². The van der Waals surface area contributed by atoms with Gasteiger partial charge in [-0.25, -0.2) is 4.79 Å². The van der Waals surface area contributed by atoms with Gasteiger partial charge in [0.1, 0.15) is 0 Å². The number of hydrogen-bond acceptors (Lipinski definition) is 3. The molecule has 1 heterocycles. The van der Waals surface area contributed by atoms with Crippen molar-refractivity contribution in [3.8, 4) is 0 Å². The van der Waals surface area contributed by atoms with E-state index < -0.39 is 5.97 Å². The second kappa shape index (κ2) is 8.25. The summed E-state index contributed by atoms with van der Waals surface area (Å²) >= 11 is 5.58. The molecule has 3 aromatic rings. The number of carboxylic acids is 1. The molecule has 1 unspecified atom stereocenters. The predicted molar refractivity (Wildman–Crippen MR) is 117 cm³/mol. The monoisotopic (exact) mass is 407 g/mol. The lowest BCUT2D eigenvalue weighted by Gasteiger charge is -2.27. The second-order valence-corrected chi connectivity index (χ2v) is 7.86. The number of hydrogen-bond donors (Lipinski definition) is 3. The minimum atomic E-state index is -0.919. The van der Waals surface area contributed by atoms with E-state index >= 15 is 0 Å². The number of H-pyrrole nitrogens is 1. The Kier molecular flexibility index (Phi) is 5.53. The van der Waals surface area contributed by atoms with Crippen LogP contribution < -0.4 is 5.32 Å². The number of carbonyl (C=O) groups is 1. The summed E-state index contributed by atoms with van der Waals surface area (Å²) in [6.07, 6.45) is 5.75. The van der Waals surface area contributed by atoms with Gasteiger partial charge in [-0.1, -0.05) is 43.3 Å². The van der Waals surface area contributed by atoms with Gasteiger partial charge >= 0.3 is 5.97 Å². The third-order valence-electron chi connectivity index (χ3n) is 5.78. The molecule has 1 aliphatic carbocycles. The first kappa shape index (κ1) is 19.5. The van der Waals surface area contributed by atoms with Crippen molar-refractivity contribution in [2.45, 2.75) is 45.2 Å². The first-order valence-corrected chi connectivity index (χ1v) is 10.4. The molecule has 1 aliphatic rings. The summed E-state index contributed by atoms with van der Waals surface area (Å²) in [5.41, 5.74) is 5.84. The third kappa shape index (κ3) is 3.85. The van der Waals surface area contributed by atoms with E-state index in [1.165, 1.54) is 11.1 Å². The molecule has 3 N–H and O–H groups in total. The number of para-hydroxylation sites is 1. The van der Waals surface area contributed by atoms with Crippen LogP contribution in [0.2, 0.25) is 0 Å². The van der Waals surface area contributed by atoms with Gasteiger partial charge in [0.15, 0.2) is 4.77 Å². The minimum Gasteiger partial charge on any atom is -0.478 e. The Morgan fingerprint density at radius 2 is 2.03 bits per heavy atom. The largest absolute Gasteiger partial charge is 0.478 e. The number of aromatic carboxylic acids is 1. The fourth-order valence-electron chi connectivity index (χ4n) is 4.31. The molecule has 1 atom stereocenters. The van der Waals surface area contributed by atoms with Crippen LogP contribution in [0.25, 0.3) is 0 Å². The maximum absolute atomic E-state index is 11.7. The van der Waals surface area contributed by atoms with Crippen LogP contribution >= 0.6 is 12.2 Å². The van der Waals surface area contributed by atoms with Crippen LogP contribution in [0.15, 0.2) is 48.7 Å². The molecule has 0 saturated heterocycles. The van der Waals surface area contributed by atoms with Gasteiger partial charge in [0.25, 0.3) is 0 Å². The fraction of sp³-hybridized carbons (Fsp3) is 0.304. The van der Waals surface area contributed by atoms with Gasteiger partial charge in [0.2, 0.25) is 0 Å². The van der Waals surface area contributed by atoms with E-state index in [0.29, 0.717) is 28.6 Å². The van der Waals surface area contributed by atoms with Gasteiger partial charge in [-0.3, -0.25) is 0 Å². The summed E-state index contributed by atoms with van der Waals surface area (Å²) < 4.78 is 2.92. The van der Waals surface area contributed by atoms with Crippen molar-refractivity contribution >= 4 is 23.9 Å². The Hall–Kier alpha value is -2.86. The lowest BCUT2D eigenvalue weighted by atomic mass is 9.88. The maximum atomic E-state index is 11.7. The van der Waals surface area contributed by atoms with E-state index in [1.54, 1.807) is 12.1 Å². The molecular formula is C23H25N3O2S. The molecule has 1 aromatic heterocycles. The van der Waals surface area contributed by atoms with Crippen molar-refractivity contribution in [3.05, 3.63) is 81.4 Å². The summed E-state index contributed by atoms with van der Waals surface area (Å²) in [6, 6.07) is 14.3. The van der Waals surface area contributed by atoms with Crippen LogP contribution in [-0.4, -0.2) is 20.6 Å². The number of aryl methyl sites for hydroxylation is 2. The zero-order chi connectivity index (χ0) is 20.4. The Bertz CT molecular complexity index is 1100. The number of aromatic nitrogens is 2. The van der Waals surface area contributed by atoms with E-state index in [4.69, 9.17) is 12.2 Å². The van der Waals surface area contributed by atoms with E-state index in [0.717, 1.165) is 36.9 Å². The number of carboxylic acid groups (broad SMARTS) is 1. The molecule has 6 heteroatoms. The quantitative estimate of drug-likeness (QED) is 0.494. The molecule has 0 spiro atoms. The number of fused-ring (bicyclic) bond motifs is 1. The van der Waals surface area contributed by atoms with Crippen molar-refractivity contribution in [2.24, 2.45) is 0 Å². The van der Waals surface area contributed by atoms with Gasteiger partial charge in [-0.05, 0) is 60.7 Å². The normalized spacial score (nSPS) is 15.7. The molecule has 0 bridgehead atoms. The SMILES string of the molecule is CCc1cccc(C(=O)O)c1NCc1c[nH]c(=S)n1C1CCc2ccccc2C1.